The van der Waals surface area contributed by atoms with Gasteiger partial charge in [0.15, 0.2) is 11.5 Å². The predicted molar refractivity (Wildman–Crippen MR) is 226 cm³/mol. The summed E-state index contributed by atoms with van der Waals surface area (Å²) in [6, 6.07) is 19.9. The van der Waals surface area contributed by atoms with Gasteiger partial charge in [0.1, 0.15) is 24.1 Å². The first-order valence-electron chi connectivity index (χ1n) is 21.3. The molecule has 2 aliphatic carbocycles. The zero-order valence-corrected chi connectivity index (χ0v) is 35.0. The van der Waals surface area contributed by atoms with Crippen LogP contribution in [-0.2, 0) is 27.5 Å². The minimum Gasteiger partial charge on any atom is -0.459 e. The van der Waals surface area contributed by atoms with Gasteiger partial charge < -0.3 is 48.8 Å². The molecule has 3 aromatic rings. The SMILES string of the molecule is C=CCO[C@@]12Oc3ccc(OC(=O)NCC)cc3[C@H]3[C@H](CCCCO)[C@@H](CCCCO)C=C(C(=NOCc4ccccc4)C[C@@H]1N(Cc1ccc4c(c1)OCO4)C(=O)OC)[C@H]32. The lowest BCUT2D eigenvalue weighted by Crippen LogP contribution is -2.70. The van der Waals surface area contributed by atoms with E-state index in [0.717, 1.165) is 47.9 Å². The van der Waals surface area contributed by atoms with Crippen molar-refractivity contribution in [1.29, 1.82) is 0 Å². The second-order valence-electron chi connectivity index (χ2n) is 15.7. The summed E-state index contributed by atoms with van der Waals surface area (Å²) < 4.78 is 36.9. The number of ether oxygens (including phenoxy) is 6. The molecule has 0 saturated heterocycles. The number of unbranched alkanes of at least 4 members (excludes halogenated alkanes) is 2. The minimum absolute atomic E-state index is 0.0127. The number of hydrogen-bond donors (Lipinski definition) is 3. The van der Waals surface area contributed by atoms with E-state index in [1.54, 1.807) is 23.1 Å². The molecule has 1 fully saturated rings. The average Bonchev–Trinajstić information content (AvgIpc) is 3.75. The maximum absolute atomic E-state index is 14.3. The van der Waals surface area contributed by atoms with Crippen LogP contribution in [0.3, 0.4) is 0 Å². The van der Waals surface area contributed by atoms with Crippen LogP contribution in [0.2, 0.25) is 0 Å². The van der Waals surface area contributed by atoms with Crippen molar-refractivity contribution in [3.05, 3.63) is 108 Å². The third-order valence-corrected chi connectivity index (χ3v) is 12.0. The lowest BCUT2D eigenvalue weighted by Gasteiger charge is -2.59. The largest absolute Gasteiger partial charge is 0.459 e. The molecular weight excluding hydrogens is 783 g/mol. The van der Waals surface area contributed by atoms with Gasteiger partial charge in [0.2, 0.25) is 12.6 Å². The molecule has 14 nitrogen and oxygen atoms in total. The summed E-state index contributed by atoms with van der Waals surface area (Å²) in [6.07, 6.45) is 7.25. The first kappa shape index (κ1) is 43.5. The topological polar surface area (TPSA) is 167 Å². The predicted octanol–water partition coefficient (Wildman–Crippen LogP) is 7.63. The molecule has 7 rings (SSSR count). The fourth-order valence-corrected chi connectivity index (χ4v) is 9.41. The van der Waals surface area contributed by atoms with Gasteiger partial charge in [0, 0.05) is 44.2 Å². The molecule has 0 unspecified atom stereocenters. The van der Waals surface area contributed by atoms with Gasteiger partial charge in [-0.05, 0) is 91.5 Å². The third-order valence-electron chi connectivity index (χ3n) is 12.0. The van der Waals surface area contributed by atoms with E-state index in [1.165, 1.54) is 7.11 Å². The Morgan fingerprint density at radius 2 is 1.74 bits per heavy atom. The van der Waals surface area contributed by atoms with Crippen LogP contribution in [0.5, 0.6) is 23.0 Å². The van der Waals surface area contributed by atoms with Crippen LogP contribution in [0.4, 0.5) is 9.59 Å². The number of benzene rings is 3. The zero-order valence-electron chi connectivity index (χ0n) is 35.0. The van der Waals surface area contributed by atoms with Crippen LogP contribution in [-0.4, -0.2) is 85.1 Å². The fraction of sp³-hybridized carbons (Fsp3) is 0.468. The Morgan fingerprint density at radius 3 is 2.49 bits per heavy atom. The number of nitrogens with zero attached hydrogens (tertiary/aromatic N) is 2. The van der Waals surface area contributed by atoms with E-state index in [2.05, 4.69) is 18.0 Å². The first-order chi connectivity index (χ1) is 29.8. The summed E-state index contributed by atoms with van der Waals surface area (Å²) >= 11 is 0. The maximum atomic E-state index is 14.3. The average molecular weight is 840 g/mol. The Hall–Kier alpha value is -5.57. The summed E-state index contributed by atoms with van der Waals surface area (Å²) in [7, 11) is 1.35. The van der Waals surface area contributed by atoms with Crippen LogP contribution in [0.25, 0.3) is 0 Å². The Balaban J connectivity index is 1.44. The van der Waals surface area contributed by atoms with Gasteiger partial charge in [-0.15, -0.1) is 6.58 Å². The van der Waals surface area contributed by atoms with Gasteiger partial charge in [-0.3, -0.25) is 4.90 Å². The van der Waals surface area contributed by atoms with Crippen LogP contribution in [0.1, 0.15) is 74.5 Å². The molecular formula is C47H57N3O11. The van der Waals surface area contributed by atoms with E-state index in [4.69, 9.17) is 38.4 Å². The maximum Gasteiger partial charge on any atom is 0.412 e. The molecule has 326 valence electrons. The Labute approximate surface area is 357 Å². The van der Waals surface area contributed by atoms with Crippen molar-refractivity contribution in [2.24, 2.45) is 22.9 Å². The second-order valence-corrected chi connectivity index (χ2v) is 15.7. The van der Waals surface area contributed by atoms with Crippen LogP contribution < -0.4 is 24.3 Å². The summed E-state index contributed by atoms with van der Waals surface area (Å²) in [5.41, 5.74) is 4.04. The van der Waals surface area contributed by atoms with Crippen molar-refractivity contribution in [2.75, 3.05) is 40.3 Å². The molecule has 0 bridgehead atoms. The molecule has 61 heavy (non-hydrogen) atoms. The molecule has 3 aromatic carbocycles. The number of carbonyl (C=O) groups is 2. The number of aliphatic hydroxyl groups is 2. The molecule has 14 heteroatoms. The third kappa shape index (κ3) is 9.51. The standard InChI is InChI=1S/C47H57N3O11/c1-4-23-58-47-42(50(46(54)55-3)28-32-17-19-40-41(24-32)57-30-56-40)27-38(49-59-29-31-13-7-6-8-14-31)36-25-33(15-9-11-21-51)35(16-10-12-22-52)43(44(36)47)37-26-34(18-20-39(37)61-47)60-45(53)48-5-2/h4,6-8,13-14,17-20,24-26,33,35,42-44,51-52H,1,5,9-12,15-16,21-23,27-30H2,2-3H3,(H,48,53)/t33-,35+,42-,43+,44+,47+/m0/s1. The molecule has 0 aromatic heterocycles. The monoisotopic (exact) mass is 839 g/mol. The van der Waals surface area contributed by atoms with E-state index in [9.17, 15) is 19.8 Å². The number of nitrogens with one attached hydrogen (secondary N) is 1. The quantitative estimate of drug-likeness (QED) is 0.0617. The Bertz CT molecular complexity index is 2060. The summed E-state index contributed by atoms with van der Waals surface area (Å²) in [4.78, 5) is 34.9. The number of carbonyl (C=O) groups excluding carboxylic acids is 2. The van der Waals surface area contributed by atoms with Gasteiger partial charge in [0.05, 0.1) is 25.3 Å². The number of hydrogen-bond acceptors (Lipinski definition) is 12. The van der Waals surface area contributed by atoms with Crippen molar-refractivity contribution < 1.29 is 53.1 Å². The van der Waals surface area contributed by atoms with Crippen molar-refractivity contribution in [3.63, 3.8) is 0 Å². The van der Waals surface area contributed by atoms with E-state index < -0.39 is 29.9 Å². The van der Waals surface area contributed by atoms with Gasteiger partial charge in [-0.25, -0.2) is 9.59 Å². The normalized spacial score (nSPS) is 23.8. The number of amides is 2. The molecule has 2 amide bonds. The number of methoxy groups -OCH3 is 1. The number of rotatable bonds is 19. The van der Waals surface area contributed by atoms with Crippen LogP contribution >= 0.6 is 0 Å². The van der Waals surface area contributed by atoms with Crippen LogP contribution in [0.15, 0.2) is 96.2 Å². The molecule has 4 aliphatic rings. The van der Waals surface area contributed by atoms with E-state index in [-0.39, 0.29) is 63.9 Å². The highest BCUT2D eigenvalue weighted by Gasteiger charge is 2.65. The molecule has 6 atom stereocenters. The Morgan fingerprint density at radius 1 is 0.967 bits per heavy atom. The van der Waals surface area contributed by atoms with Crippen molar-refractivity contribution in [2.45, 2.75) is 82.8 Å². The van der Waals surface area contributed by atoms with Crippen molar-refractivity contribution in [1.82, 2.24) is 10.2 Å². The molecule has 0 spiro atoms. The smallest absolute Gasteiger partial charge is 0.412 e. The number of aliphatic hydroxyl groups excluding tert-OH is 2. The molecule has 3 N–H and O–H groups in total. The fourth-order valence-electron chi connectivity index (χ4n) is 9.41. The summed E-state index contributed by atoms with van der Waals surface area (Å²) in [6.45, 7) is 6.87. The summed E-state index contributed by atoms with van der Waals surface area (Å²) in [5, 5.41) is 27.4. The number of allylic oxidation sites excluding steroid dienone is 1. The highest BCUT2D eigenvalue weighted by Crippen LogP contribution is 2.62. The van der Waals surface area contributed by atoms with Gasteiger partial charge in [-0.2, -0.15) is 0 Å². The van der Waals surface area contributed by atoms with E-state index >= 15 is 0 Å². The minimum atomic E-state index is -1.52. The zero-order chi connectivity index (χ0) is 42.8. The number of oxime groups is 1. The first-order valence-corrected chi connectivity index (χ1v) is 21.3. The molecule has 2 aliphatic heterocycles. The molecule has 2 heterocycles. The molecule has 0 radical (unpaired) electrons. The Kier molecular flexibility index (Phi) is 14.5. The van der Waals surface area contributed by atoms with Crippen molar-refractivity contribution >= 4 is 17.9 Å². The highest BCUT2D eigenvalue weighted by molar-refractivity contribution is 6.03. The summed E-state index contributed by atoms with van der Waals surface area (Å²) in [5.74, 6) is -0.373. The highest BCUT2D eigenvalue weighted by atomic mass is 16.7. The number of fused-ring (bicyclic) bond motifs is 3. The van der Waals surface area contributed by atoms with Crippen molar-refractivity contribution in [3.8, 4) is 23.0 Å². The van der Waals surface area contributed by atoms with Gasteiger partial charge in [0.25, 0.3) is 0 Å². The van der Waals surface area contributed by atoms with E-state index in [1.807, 2.05) is 61.5 Å². The second kappa shape index (κ2) is 20.3. The van der Waals surface area contributed by atoms with E-state index in [0.29, 0.717) is 48.1 Å². The van der Waals surface area contributed by atoms with Crippen LogP contribution in [0, 0.1) is 17.8 Å². The lowest BCUT2D eigenvalue weighted by molar-refractivity contribution is -0.256. The lowest BCUT2D eigenvalue weighted by atomic mass is 9.55. The van der Waals surface area contributed by atoms with Gasteiger partial charge in [-0.1, -0.05) is 66.5 Å². The van der Waals surface area contributed by atoms with Gasteiger partial charge >= 0.3 is 12.2 Å². The molecule has 1 saturated carbocycles.